The second kappa shape index (κ2) is 9.37. The van der Waals surface area contributed by atoms with E-state index in [4.69, 9.17) is 11.6 Å². The van der Waals surface area contributed by atoms with E-state index >= 15 is 0 Å². The summed E-state index contributed by atoms with van der Waals surface area (Å²) in [6.45, 7) is 3.00. The van der Waals surface area contributed by atoms with E-state index in [0.717, 1.165) is 5.69 Å². The summed E-state index contributed by atoms with van der Waals surface area (Å²) in [5.74, 6) is -0.143. The first-order chi connectivity index (χ1) is 10.0. The van der Waals surface area contributed by atoms with Gasteiger partial charge in [0.15, 0.2) is 0 Å². The molecule has 1 rings (SSSR count). The Labute approximate surface area is 130 Å². The van der Waals surface area contributed by atoms with E-state index in [9.17, 15) is 9.59 Å². The zero-order valence-electron chi connectivity index (χ0n) is 12.4. The van der Waals surface area contributed by atoms with Crippen molar-refractivity contribution >= 4 is 29.1 Å². The van der Waals surface area contributed by atoms with E-state index < -0.39 is 0 Å². The summed E-state index contributed by atoms with van der Waals surface area (Å²) < 4.78 is 0. The lowest BCUT2D eigenvalue weighted by molar-refractivity contribution is -0.124. The van der Waals surface area contributed by atoms with Crippen LogP contribution in [0, 0.1) is 5.92 Å². The Kier molecular flexibility index (Phi) is 7.79. The lowest BCUT2D eigenvalue weighted by Crippen LogP contribution is -2.35. The summed E-state index contributed by atoms with van der Waals surface area (Å²) in [6, 6.07) is 6.95. The number of carbonyl (C=O) groups excluding carboxylic acids is 2. The molecule has 0 aliphatic rings. The van der Waals surface area contributed by atoms with Crippen LogP contribution in [0.25, 0.3) is 0 Å². The summed E-state index contributed by atoms with van der Waals surface area (Å²) >= 11 is 5.77. The molecule has 1 aromatic rings. The number of anilines is 1. The van der Waals surface area contributed by atoms with Gasteiger partial charge < -0.3 is 16.0 Å². The molecule has 0 fully saturated rings. The van der Waals surface area contributed by atoms with Crippen molar-refractivity contribution in [3.8, 4) is 0 Å². The van der Waals surface area contributed by atoms with Gasteiger partial charge in [0, 0.05) is 36.1 Å². The molecule has 0 saturated carbocycles. The molecule has 0 bridgehead atoms. The van der Waals surface area contributed by atoms with Crippen molar-refractivity contribution in [3.05, 3.63) is 29.3 Å². The molecule has 3 N–H and O–H groups in total. The van der Waals surface area contributed by atoms with E-state index in [-0.39, 0.29) is 17.7 Å². The molecule has 6 heteroatoms. The van der Waals surface area contributed by atoms with Crippen LogP contribution in [-0.4, -0.2) is 32.0 Å². The van der Waals surface area contributed by atoms with Crippen molar-refractivity contribution in [3.63, 3.8) is 0 Å². The molecule has 0 aliphatic heterocycles. The molecule has 1 unspecified atom stereocenters. The van der Waals surface area contributed by atoms with Gasteiger partial charge in [-0.3, -0.25) is 9.59 Å². The topological polar surface area (TPSA) is 70.2 Å². The molecular formula is C15H22ClN3O2. The number of amides is 2. The number of hydrogen-bond donors (Lipinski definition) is 3. The largest absolute Gasteiger partial charge is 0.356 e. The van der Waals surface area contributed by atoms with Crippen LogP contribution < -0.4 is 16.0 Å². The number of hydrogen-bond acceptors (Lipinski definition) is 3. The zero-order valence-corrected chi connectivity index (χ0v) is 13.2. The van der Waals surface area contributed by atoms with E-state index in [1.54, 1.807) is 24.3 Å². The molecule has 0 aromatic heterocycles. The first kappa shape index (κ1) is 17.5. The van der Waals surface area contributed by atoms with Crippen LogP contribution in [0.2, 0.25) is 5.02 Å². The number of halogens is 1. The lowest BCUT2D eigenvalue weighted by Gasteiger charge is -2.11. The normalized spacial score (nSPS) is 11.8. The second-order valence-electron chi connectivity index (χ2n) is 4.91. The molecule has 0 spiro atoms. The van der Waals surface area contributed by atoms with Crippen molar-refractivity contribution in [2.24, 2.45) is 5.92 Å². The highest BCUT2D eigenvalue weighted by Gasteiger charge is 2.10. The molecule has 21 heavy (non-hydrogen) atoms. The molecular weight excluding hydrogens is 290 g/mol. The maximum Gasteiger partial charge on any atom is 0.224 e. The minimum Gasteiger partial charge on any atom is -0.356 e. The molecule has 0 heterocycles. The molecule has 0 aliphatic carbocycles. The number of carbonyl (C=O) groups is 2. The van der Waals surface area contributed by atoms with Crippen molar-refractivity contribution in [2.75, 3.05) is 25.5 Å². The molecule has 1 aromatic carbocycles. The van der Waals surface area contributed by atoms with Crippen molar-refractivity contribution < 1.29 is 9.59 Å². The fourth-order valence-corrected chi connectivity index (χ4v) is 1.92. The van der Waals surface area contributed by atoms with Gasteiger partial charge in [0.25, 0.3) is 0 Å². The third-order valence-corrected chi connectivity index (χ3v) is 3.22. The summed E-state index contributed by atoms with van der Waals surface area (Å²) in [7, 11) is 1.81. The fourth-order valence-electron chi connectivity index (χ4n) is 1.79. The third kappa shape index (κ3) is 7.11. The van der Waals surface area contributed by atoms with Gasteiger partial charge >= 0.3 is 0 Å². The maximum atomic E-state index is 11.7. The Morgan fingerprint density at radius 3 is 2.52 bits per heavy atom. The summed E-state index contributed by atoms with van der Waals surface area (Å²) in [5.41, 5.74) is 0.719. The van der Waals surface area contributed by atoms with Gasteiger partial charge in [0.2, 0.25) is 11.8 Å². The Morgan fingerprint density at radius 1 is 1.24 bits per heavy atom. The number of rotatable bonds is 8. The van der Waals surface area contributed by atoms with Crippen LogP contribution >= 0.6 is 11.6 Å². The van der Waals surface area contributed by atoms with E-state index in [0.29, 0.717) is 31.0 Å². The van der Waals surface area contributed by atoms with Crippen LogP contribution in [0.1, 0.15) is 19.8 Å². The highest BCUT2D eigenvalue weighted by atomic mass is 35.5. The quantitative estimate of drug-likeness (QED) is 0.643. The first-order valence-electron chi connectivity index (χ1n) is 7.00. The van der Waals surface area contributed by atoms with Gasteiger partial charge in [-0.05, 0) is 37.7 Å². The van der Waals surface area contributed by atoms with Gasteiger partial charge in [-0.15, -0.1) is 0 Å². The van der Waals surface area contributed by atoms with Crippen LogP contribution in [-0.2, 0) is 9.59 Å². The number of nitrogens with one attached hydrogen (secondary N) is 3. The zero-order chi connectivity index (χ0) is 15.7. The smallest absolute Gasteiger partial charge is 0.224 e. The van der Waals surface area contributed by atoms with Crippen LogP contribution in [0.4, 0.5) is 5.69 Å². The summed E-state index contributed by atoms with van der Waals surface area (Å²) in [4.78, 5) is 23.3. The highest BCUT2D eigenvalue weighted by molar-refractivity contribution is 6.30. The molecule has 116 valence electrons. The maximum absolute atomic E-state index is 11.7. The van der Waals surface area contributed by atoms with Gasteiger partial charge in [0.1, 0.15) is 0 Å². The first-order valence-corrected chi connectivity index (χ1v) is 7.38. The van der Waals surface area contributed by atoms with Crippen LogP contribution in [0.3, 0.4) is 0 Å². The SMILES string of the molecule is CNCC(C)C(=O)NCCCC(=O)Nc1ccc(Cl)cc1. The standard InChI is InChI=1S/C15H22ClN3O2/c1-11(10-17-2)15(21)18-9-3-4-14(20)19-13-7-5-12(16)6-8-13/h5-8,11,17H,3-4,9-10H2,1-2H3,(H,18,21)(H,19,20). The Hall–Kier alpha value is -1.59. The van der Waals surface area contributed by atoms with Crippen LogP contribution in [0.5, 0.6) is 0 Å². The van der Waals surface area contributed by atoms with E-state index in [2.05, 4.69) is 16.0 Å². The highest BCUT2D eigenvalue weighted by Crippen LogP contribution is 2.13. The Morgan fingerprint density at radius 2 is 1.90 bits per heavy atom. The second-order valence-corrected chi connectivity index (χ2v) is 5.34. The summed E-state index contributed by atoms with van der Waals surface area (Å²) in [5, 5.41) is 9.18. The average Bonchev–Trinajstić information content (AvgIpc) is 2.46. The number of benzene rings is 1. The average molecular weight is 312 g/mol. The molecule has 5 nitrogen and oxygen atoms in total. The van der Waals surface area contributed by atoms with Gasteiger partial charge in [-0.1, -0.05) is 18.5 Å². The minimum absolute atomic E-state index is 0.00228. The Balaban J connectivity index is 2.19. The molecule has 2 amide bonds. The van der Waals surface area contributed by atoms with E-state index in [1.807, 2.05) is 14.0 Å². The van der Waals surface area contributed by atoms with Crippen LogP contribution in [0.15, 0.2) is 24.3 Å². The molecule has 1 atom stereocenters. The molecule has 0 radical (unpaired) electrons. The predicted octanol–water partition coefficient (Wildman–Crippen LogP) is 2.03. The van der Waals surface area contributed by atoms with Gasteiger partial charge in [0.05, 0.1) is 0 Å². The van der Waals surface area contributed by atoms with Gasteiger partial charge in [-0.25, -0.2) is 0 Å². The molecule has 0 saturated heterocycles. The Bertz CT molecular complexity index is 462. The van der Waals surface area contributed by atoms with E-state index in [1.165, 1.54) is 0 Å². The minimum atomic E-state index is -0.0742. The van der Waals surface area contributed by atoms with Crippen molar-refractivity contribution in [2.45, 2.75) is 19.8 Å². The monoisotopic (exact) mass is 311 g/mol. The fraction of sp³-hybridized carbons (Fsp3) is 0.467. The summed E-state index contributed by atoms with van der Waals surface area (Å²) in [6.07, 6.45) is 0.973. The van der Waals surface area contributed by atoms with Crippen molar-refractivity contribution in [1.82, 2.24) is 10.6 Å². The van der Waals surface area contributed by atoms with Gasteiger partial charge in [-0.2, -0.15) is 0 Å². The predicted molar refractivity (Wildman–Crippen MR) is 85.4 cm³/mol. The van der Waals surface area contributed by atoms with Crippen molar-refractivity contribution in [1.29, 1.82) is 0 Å². The third-order valence-electron chi connectivity index (χ3n) is 2.97. The lowest BCUT2D eigenvalue weighted by atomic mass is 10.1.